The summed E-state index contributed by atoms with van der Waals surface area (Å²) in [5.74, 6) is 0. The minimum atomic E-state index is 0.221. The Morgan fingerprint density at radius 1 is 1.37 bits per heavy atom. The van der Waals surface area contributed by atoms with E-state index in [1.165, 1.54) is 5.56 Å². The molecule has 0 fully saturated rings. The molecule has 0 aliphatic carbocycles. The van der Waals surface area contributed by atoms with Gasteiger partial charge in [-0.05, 0) is 25.0 Å². The van der Waals surface area contributed by atoms with Crippen LogP contribution in [0.3, 0.4) is 0 Å². The van der Waals surface area contributed by atoms with Crippen molar-refractivity contribution in [1.82, 2.24) is 15.1 Å². The lowest BCUT2D eigenvalue weighted by molar-refractivity contribution is 0.572. The Labute approximate surface area is 119 Å². The van der Waals surface area contributed by atoms with E-state index in [0.717, 1.165) is 29.2 Å². The van der Waals surface area contributed by atoms with Crippen LogP contribution in [0.2, 0.25) is 5.02 Å². The van der Waals surface area contributed by atoms with E-state index < -0.39 is 0 Å². The van der Waals surface area contributed by atoms with Crippen molar-refractivity contribution in [3.8, 4) is 0 Å². The van der Waals surface area contributed by atoms with E-state index in [4.69, 9.17) is 11.6 Å². The molecule has 4 heteroatoms. The standard InChI is InChI=1S/C15H20ClN3/c1-4-15-12(10-19(3)18-15)9-17-11(2)13-7-5-6-8-14(13)16/h5-8,10-11,17H,4,9H2,1-3H3. The summed E-state index contributed by atoms with van der Waals surface area (Å²) in [7, 11) is 1.96. The molecule has 0 aliphatic heterocycles. The van der Waals surface area contributed by atoms with Crippen molar-refractivity contribution in [2.75, 3.05) is 0 Å². The number of hydrogen-bond acceptors (Lipinski definition) is 2. The largest absolute Gasteiger partial charge is 0.306 e. The number of benzene rings is 1. The van der Waals surface area contributed by atoms with Gasteiger partial charge in [-0.25, -0.2) is 0 Å². The third kappa shape index (κ3) is 3.37. The van der Waals surface area contributed by atoms with Crippen molar-refractivity contribution < 1.29 is 0 Å². The smallest absolute Gasteiger partial charge is 0.0666 e. The Morgan fingerprint density at radius 3 is 2.79 bits per heavy atom. The monoisotopic (exact) mass is 277 g/mol. The van der Waals surface area contributed by atoms with Crippen LogP contribution < -0.4 is 5.32 Å². The minimum absolute atomic E-state index is 0.221. The van der Waals surface area contributed by atoms with Gasteiger partial charge in [-0.3, -0.25) is 4.68 Å². The molecule has 1 atom stereocenters. The Morgan fingerprint density at radius 2 is 2.11 bits per heavy atom. The second-order valence-electron chi connectivity index (χ2n) is 4.75. The van der Waals surface area contributed by atoms with E-state index in [9.17, 15) is 0 Å². The zero-order valence-electron chi connectivity index (χ0n) is 11.7. The zero-order chi connectivity index (χ0) is 13.8. The highest BCUT2D eigenvalue weighted by Crippen LogP contribution is 2.22. The van der Waals surface area contributed by atoms with Gasteiger partial charge in [0.1, 0.15) is 0 Å². The predicted molar refractivity (Wildman–Crippen MR) is 79.3 cm³/mol. The van der Waals surface area contributed by atoms with Crippen LogP contribution in [0.25, 0.3) is 0 Å². The summed E-state index contributed by atoms with van der Waals surface area (Å²) in [5.41, 5.74) is 3.54. The molecular weight excluding hydrogens is 258 g/mol. The van der Waals surface area contributed by atoms with Crippen LogP contribution >= 0.6 is 11.6 Å². The first-order valence-electron chi connectivity index (χ1n) is 6.61. The number of aromatic nitrogens is 2. The quantitative estimate of drug-likeness (QED) is 0.907. The van der Waals surface area contributed by atoms with Gasteiger partial charge in [-0.2, -0.15) is 5.10 Å². The third-order valence-electron chi connectivity index (χ3n) is 3.30. The first-order valence-corrected chi connectivity index (χ1v) is 6.98. The molecule has 3 nitrogen and oxygen atoms in total. The number of aryl methyl sites for hydroxylation is 2. The number of nitrogens with one attached hydrogen (secondary N) is 1. The molecule has 0 saturated carbocycles. The maximum atomic E-state index is 6.21. The SMILES string of the molecule is CCc1nn(C)cc1CNC(C)c1ccccc1Cl. The Bertz CT molecular complexity index is 548. The van der Waals surface area contributed by atoms with Gasteiger partial charge < -0.3 is 5.32 Å². The Hall–Kier alpha value is -1.32. The van der Waals surface area contributed by atoms with Crippen LogP contribution in [0.5, 0.6) is 0 Å². The van der Waals surface area contributed by atoms with Crippen molar-refractivity contribution in [3.05, 3.63) is 52.3 Å². The molecule has 102 valence electrons. The van der Waals surface area contributed by atoms with Gasteiger partial charge in [-0.15, -0.1) is 0 Å². The maximum absolute atomic E-state index is 6.21. The maximum Gasteiger partial charge on any atom is 0.0666 e. The lowest BCUT2D eigenvalue weighted by Gasteiger charge is -2.15. The molecule has 0 aliphatic rings. The average molecular weight is 278 g/mol. The Balaban J connectivity index is 2.04. The van der Waals surface area contributed by atoms with E-state index >= 15 is 0 Å². The summed E-state index contributed by atoms with van der Waals surface area (Å²) in [6.45, 7) is 5.07. The average Bonchev–Trinajstić information content (AvgIpc) is 2.77. The summed E-state index contributed by atoms with van der Waals surface area (Å²) < 4.78 is 1.87. The van der Waals surface area contributed by atoms with Gasteiger partial charge >= 0.3 is 0 Å². The van der Waals surface area contributed by atoms with Gasteiger partial charge in [0, 0.05) is 36.4 Å². The van der Waals surface area contributed by atoms with Gasteiger partial charge in [0.25, 0.3) is 0 Å². The molecule has 1 heterocycles. The zero-order valence-corrected chi connectivity index (χ0v) is 12.4. The third-order valence-corrected chi connectivity index (χ3v) is 3.64. The van der Waals surface area contributed by atoms with E-state index in [1.54, 1.807) is 0 Å². The van der Waals surface area contributed by atoms with E-state index in [0.29, 0.717) is 0 Å². The molecule has 0 spiro atoms. The normalized spacial score (nSPS) is 12.6. The molecule has 0 amide bonds. The van der Waals surface area contributed by atoms with Gasteiger partial charge in [-0.1, -0.05) is 36.7 Å². The van der Waals surface area contributed by atoms with Crippen LogP contribution in [-0.4, -0.2) is 9.78 Å². The first-order chi connectivity index (χ1) is 9.11. The molecule has 0 saturated heterocycles. The molecule has 0 bridgehead atoms. The summed E-state index contributed by atoms with van der Waals surface area (Å²) in [4.78, 5) is 0. The summed E-state index contributed by atoms with van der Waals surface area (Å²) in [6, 6.07) is 8.18. The van der Waals surface area contributed by atoms with Crippen molar-refractivity contribution in [2.45, 2.75) is 32.9 Å². The lowest BCUT2D eigenvalue weighted by atomic mass is 10.1. The van der Waals surface area contributed by atoms with Gasteiger partial charge in [0.05, 0.1) is 5.69 Å². The van der Waals surface area contributed by atoms with Crippen LogP contribution in [0, 0.1) is 0 Å². The molecule has 19 heavy (non-hydrogen) atoms. The van der Waals surface area contributed by atoms with Crippen molar-refractivity contribution in [2.24, 2.45) is 7.05 Å². The molecule has 1 aromatic carbocycles. The highest BCUT2D eigenvalue weighted by atomic mass is 35.5. The van der Waals surface area contributed by atoms with E-state index in [2.05, 4.69) is 36.5 Å². The second kappa shape index (κ2) is 6.22. The van der Waals surface area contributed by atoms with Crippen LogP contribution in [0.1, 0.15) is 36.7 Å². The van der Waals surface area contributed by atoms with E-state index in [-0.39, 0.29) is 6.04 Å². The summed E-state index contributed by atoms with van der Waals surface area (Å²) in [6.07, 6.45) is 3.03. The molecule has 0 radical (unpaired) electrons. The molecule has 2 aromatic rings. The molecule has 2 rings (SSSR count). The van der Waals surface area contributed by atoms with Crippen molar-refractivity contribution >= 4 is 11.6 Å². The fraction of sp³-hybridized carbons (Fsp3) is 0.400. The fourth-order valence-corrected chi connectivity index (χ4v) is 2.53. The Kier molecular flexibility index (Phi) is 4.61. The minimum Gasteiger partial charge on any atom is -0.306 e. The number of rotatable bonds is 5. The van der Waals surface area contributed by atoms with Gasteiger partial charge in [0.15, 0.2) is 0 Å². The molecule has 1 N–H and O–H groups in total. The summed E-state index contributed by atoms with van der Waals surface area (Å²) in [5, 5.41) is 8.76. The summed E-state index contributed by atoms with van der Waals surface area (Å²) >= 11 is 6.21. The van der Waals surface area contributed by atoms with Crippen molar-refractivity contribution in [1.29, 1.82) is 0 Å². The van der Waals surface area contributed by atoms with Gasteiger partial charge in [0.2, 0.25) is 0 Å². The van der Waals surface area contributed by atoms with Crippen molar-refractivity contribution in [3.63, 3.8) is 0 Å². The second-order valence-corrected chi connectivity index (χ2v) is 5.16. The van der Waals surface area contributed by atoms with Crippen LogP contribution in [-0.2, 0) is 20.0 Å². The first kappa shape index (κ1) is 14.1. The lowest BCUT2D eigenvalue weighted by Crippen LogP contribution is -2.18. The molecule has 1 aromatic heterocycles. The fourth-order valence-electron chi connectivity index (χ4n) is 2.23. The number of halogens is 1. The van der Waals surface area contributed by atoms with E-state index in [1.807, 2.05) is 29.9 Å². The molecular formula is C15H20ClN3. The topological polar surface area (TPSA) is 29.9 Å². The number of hydrogen-bond donors (Lipinski definition) is 1. The number of nitrogens with zero attached hydrogens (tertiary/aromatic N) is 2. The van der Waals surface area contributed by atoms with Crippen LogP contribution in [0.4, 0.5) is 0 Å². The van der Waals surface area contributed by atoms with Crippen LogP contribution in [0.15, 0.2) is 30.5 Å². The molecule has 1 unspecified atom stereocenters. The highest BCUT2D eigenvalue weighted by molar-refractivity contribution is 6.31. The predicted octanol–water partition coefficient (Wildman–Crippen LogP) is 3.49. The highest BCUT2D eigenvalue weighted by Gasteiger charge is 2.11.